The fraction of sp³-hybridized carbons (Fsp3) is 0.174. The van der Waals surface area contributed by atoms with Crippen LogP contribution in [0.4, 0.5) is 0 Å². The number of hydrogen-bond acceptors (Lipinski definition) is 3. The lowest BCUT2D eigenvalue weighted by molar-refractivity contribution is 0.0942. The van der Waals surface area contributed by atoms with Gasteiger partial charge in [-0.2, -0.15) is 0 Å². The zero-order valence-corrected chi connectivity index (χ0v) is 15.7. The molecular formula is C23H23NO3. The zero-order valence-electron chi connectivity index (χ0n) is 15.7. The van der Waals surface area contributed by atoms with Crippen molar-refractivity contribution in [3.05, 3.63) is 95.1 Å². The molecule has 3 rings (SSSR count). The van der Waals surface area contributed by atoms with Crippen molar-refractivity contribution in [3.63, 3.8) is 0 Å². The van der Waals surface area contributed by atoms with Gasteiger partial charge in [-0.15, -0.1) is 0 Å². The molecule has 0 spiro atoms. The molecule has 1 N–H and O–H groups in total. The van der Waals surface area contributed by atoms with Crippen molar-refractivity contribution in [2.45, 2.75) is 13.0 Å². The van der Waals surface area contributed by atoms with Crippen LogP contribution >= 0.6 is 0 Å². The number of carbonyl (C=O) groups is 1. The van der Waals surface area contributed by atoms with E-state index < -0.39 is 0 Å². The van der Waals surface area contributed by atoms with Gasteiger partial charge in [0.25, 0.3) is 5.91 Å². The quantitative estimate of drug-likeness (QED) is 0.702. The van der Waals surface area contributed by atoms with Gasteiger partial charge in [-0.05, 0) is 41.8 Å². The van der Waals surface area contributed by atoms with E-state index in [9.17, 15) is 4.79 Å². The first-order valence-electron chi connectivity index (χ1n) is 8.77. The summed E-state index contributed by atoms with van der Waals surface area (Å²) in [5.74, 6) is 0.943. The first-order chi connectivity index (χ1) is 13.1. The summed E-state index contributed by atoms with van der Waals surface area (Å²) < 4.78 is 10.6. The number of rotatable bonds is 6. The van der Waals surface area contributed by atoms with Gasteiger partial charge in [-0.1, -0.05) is 54.6 Å². The molecule has 0 aromatic heterocycles. The summed E-state index contributed by atoms with van der Waals surface area (Å²) in [4.78, 5) is 13.0. The van der Waals surface area contributed by atoms with E-state index in [-0.39, 0.29) is 11.9 Å². The summed E-state index contributed by atoms with van der Waals surface area (Å²) in [5.41, 5.74) is 3.74. The van der Waals surface area contributed by atoms with Crippen LogP contribution in [0, 0.1) is 6.92 Å². The number of nitrogens with one attached hydrogen (secondary N) is 1. The molecular weight excluding hydrogens is 338 g/mol. The van der Waals surface area contributed by atoms with Crippen LogP contribution in [-0.4, -0.2) is 20.1 Å². The summed E-state index contributed by atoms with van der Waals surface area (Å²) in [5, 5.41) is 3.16. The molecule has 0 fully saturated rings. The summed E-state index contributed by atoms with van der Waals surface area (Å²) in [6.07, 6.45) is 0. The highest BCUT2D eigenvalue weighted by Gasteiger charge is 2.20. The number of amides is 1. The van der Waals surface area contributed by atoms with Gasteiger partial charge in [-0.3, -0.25) is 4.79 Å². The third-order valence-electron chi connectivity index (χ3n) is 4.55. The number of methoxy groups -OCH3 is 2. The molecule has 4 heteroatoms. The lowest BCUT2D eigenvalue weighted by atomic mass is 9.94. The van der Waals surface area contributed by atoms with Gasteiger partial charge in [0.1, 0.15) is 0 Å². The van der Waals surface area contributed by atoms with Crippen molar-refractivity contribution in [3.8, 4) is 11.5 Å². The van der Waals surface area contributed by atoms with E-state index in [0.29, 0.717) is 17.1 Å². The molecule has 0 bridgehead atoms. The summed E-state index contributed by atoms with van der Waals surface area (Å²) in [6, 6.07) is 22.9. The van der Waals surface area contributed by atoms with E-state index >= 15 is 0 Å². The Morgan fingerprint density at radius 3 is 2.19 bits per heavy atom. The van der Waals surface area contributed by atoms with Crippen LogP contribution in [0.2, 0.25) is 0 Å². The Labute approximate surface area is 159 Å². The van der Waals surface area contributed by atoms with Crippen LogP contribution in [-0.2, 0) is 0 Å². The summed E-state index contributed by atoms with van der Waals surface area (Å²) >= 11 is 0. The van der Waals surface area contributed by atoms with E-state index in [4.69, 9.17) is 9.47 Å². The lowest BCUT2D eigenvalue weighted by Crippen LogP contribution is -2.29. The molecule has 3 aromatic rings. The standard InChI is InChI=1S/C23H23NO3/c1-16-9-7-8-12-19(16)22(17-10-5-4-6-11-17)24-23(25)18-13-14-20(26-2)21(15-18)27-3/h4-15,22H,1-3H3,(H,24,25)/t22-/m1/s1. The molecule has 0 heterocycles. The number of carbonyl (C=O) groups excluding carboxylic acids is 1. The van der Waals surface area contributed by atoms with E-state index in [2.05, 4.69) is 5.32 Å². The second-order valence-corrected chi connectivity index (χ2v) is 6.24. The molecule has 0 saturated carbocycles. The normalized spacial score (nSPS) is 11.5. The SMILES string of the molecule is COc1ccc(C(=O)N[C@H](c2ccccc2)c2ccccc2C)cc1OC. The Hall–Kier alpha value is -3.27. The maximum atomic E-state index is 13.0. The molecule has 138 valence electrons. The zero-order chi connectivity index (χ0) is 19.2. The molecule has 0 aliphatic rings. The second-order valence-electron chi connectivity index (χ2n) is 6.24. The molecule has 4 nitrogen and oxygen atoms in total. The average Bonchev–Trinajstić information content (AvgIpc) is 2.72. The molecule has 1 amide bonds. The van der Waals surface area contributed by atoms with E-state index in [0.717, 1.165) is 16.7 Å². The summed E-state index contributed by atoms with van der Waals surface area (Å²) in [6.45, 7) is 2.05. The van der Waals surface area contributed by atoms with Crippen molar-refractivity contribution in [2.24, 2.45) is 0 Å². The molecule has 0 unspecified atom stereocenters. The van der Waals surface area contributed by atoms with E-state index in [1.54, 1.807) is 32.4 Å². The van der Waals surface area contributed by atoms with Crippen LogP contribution in [0.25, 0.3) is 0 Å². The van der Waals surface area contributed by atoms with Crippen molar-refractivity contribution in [1.82, 2.24) is 5.32 Å². The maximum Gasteiger partial charge on any atom is 0.252 e. The fourth-order valence-electron chi connectivity index (χ4n) is 3.09. The van der Waals surface area contributed by atoms with Crippen LogP contribution in [0.15, 0.2) is 72.8 Å². The monoisotopic (exact) mass is 361 g/mol. The van der Waals surface area contributed by atoms with Crippen LogP contribution in [0.1, 0.15) is 33.1 Å². The smallest absolute Gasteiger partial charge is 0.252 e. The maximum absolute atomic E-state index is 13.0. The summed E-state index contributed by atoms with van der Waals surface area (Å²) in [7, 11) is 3.13. The van der Waals surface area contributed by atoms with Crippen LogP contribution < -0.4 is 14.8 Å². The number of ether oxygens (including phenoxy) is 2. The molecule has 27 heavy (non-hydrogen) atoms. The minimum Gasteiger partial charge on any atom is -0.493 e. The predicted octanol–water partition coefficient (Wildman–Crippen LogP) is 4.53. The van der Waals surface area contributed by atoms with Gasteiger partial charge in [0.2, 0.25) is 0 Å². The highest BCUT2D eigenvalue weighted by atomic mass is 16.5. The first kappa shape index (κ1) is 18.5. The number of aryl methyl sites for hydroxylation is 1. The minimum atomic E-state index is -0.243. The molecule has 1 atom stereocenters. The second kappa shape index (κ2) is 8.41. The van der Waals surface area contributed by atoms with Gasteiger partial charge in [0.05, 0.1) is 20.3 Å². The minimum absolute atomic E-state index is 0.173. The van der Waals surface area contributed by atoms with Gasteiger partial charge in [-0.25, -0.2) is 0 Å². The van der Waals surface area contributed by atoms with Crippen molar-refractivity contribution in [2.75, 3.05) is 14.2 Å². The van der Waals surface area contributed by atoms with Gasteiger partial charge < -0.3 is 14.8 Å². The largest absolute Gasteiger partial charge is 0.493 e. The van der Waals surface area contributed by atoms with Crippen LogP contribution in [0.3, 0.4) is 0 Å². The molecule has 0 saturated heterocycles. The Kier molecular flexibility index (Phi) is 5.77. The Morgan fingerprint density at radius 2 is 1.52 bits per heavy atom. The third-order valence-corrected chi connectivity index (χ3v) is 4.55. The number of hydrogen-bond donors (Lipinski definition) is 1. The highest BCUT2D eigenvalue weighted by Crippen LogP contribution is 2.29. The number of benzene rings is 3. The Bertz CT molecular complexity index is 922. The fourth-order valence-corrected chi connectivity index (χ4v) is 3.09. The molecule has 0 aliphatic heterocycles. The third kappa shape index (κ3) is 4.11. The molecule has 0 radical (unpaired) electrons. The van der Waals surface area contributed by atoms with Gasteiger partial charge in [0.15, 0.2) is 11.5 Å². The first-order valence-corrected chi connectivity index (χ1v) is 8.77. The van der Waals surface area contributed by atoms with E-state index in [1.807, 2.05) is 61.5 Å². The van der Waals surface area contributed by atoms with E-state index in [1.165, 1.54) is 0 Å². The average molecular weight is 361 g/mol. The van der Waals surface area contributed by atoms with Crippen molar-refractivity contribution < 1.29 is 14.3 Å². The molecule has 0 aliphatic carbocycles. The van der Waals surface area contributed by atoms with Gasteiger partial charge in [0, 0.05) is 5.56 Å². The predicted molar refractivity (Wildman–Crippen MR) is 106 cm³/mol. The Balaban J connectivity index is 1.95. The van der Waals surface area contributed by atoms with Crippen LogP contribution in [0.5, 0.6) is 11.5 Å². The molecule has 3 aromatic carbocycles. The highest BCUT2D eigenvalue weighted by molar-refractivity contribution is 5.95. The topological polar surface area (TPSA) is 47.6 Å². The van der Waals surface area contributed by atoms with Gasteiger partial charge >= 0.3 is 0 Å². The van der Waals surface area contributed by atoms with Crippen molar-refractivity contribution >= 4 is 5.91 Å². The van der Waals surface area contributed by atoms with Crippen molar-refractivity contribution in [1.29, 1.82) is 0 Å². The Morgan fingerprint density at radius 1 is 0.852 bits per heavy atom. The lowest BCUT2D eigenvalue weighted by Gasteiger charge is -2.22.